The molecule has 0 aliphatic carbocycles. The summed E-state index contributed by atoms with van der Waals surface area (Å²) in [6, 6.07) is 7.03. The molecule has 0 aromatic heterocycles. The smallest absolute Gasteiger partial charge is 0.331 e. The number of carbonyl (C=O) groups is 1. The molecule has 21 heavy (non-hydrogen) atoms. The Labute approximate surface area is 122 Å². The number of hydrazone groups is 1. The predicted molar refractivity (Wildman–Crippen MR) is 77.1 cm³/mol. The number of hydrazine groups is 1. The highest BCUT2D eigenvalue weighted by atomic mass is 16.5. The molecule has 2 rings (SSSR count). The number of ether oxygens (including phenoxy) is 1. The zero-order valence-corrected chi connectivity index (χ0v) is 12.0. The number of hydrogen-bond donors (Lipinski definition) is 2. The fraction of sp³-hybridized carbons (Fsp3) is 0.357. The van der Waals surface area contributed by atoms with Gasteiger partial charge in [0.05, 0.1) is 23.6 Å². The van der Waals surface area contributed by atoms with Crippen LogP contribution in [0.3, 0.4) is 0 Å². The Morgan fingerprint density at radius 3 is 2.81 bits per heavy atom. The lowest BCUT2D eigenvalue weighted by Crippen LogP contribution is -2.51. The van der Waals surface area contributed by atoms with E-state index < -0.39 is 11.5 Å². The lowest BCUT2D eigenvalue weighted by molar-refractivity contribution is -0.140. The van der Waals surface area contributed by atoms with Crippen LogP contribution in [0, 0.1) is 11.3 Å². The Kier molecular flexibility index (Phi) is 3.82. The maximum Gasteiger partial charge on any atom is 0.331 e. The van der Waals surface area contributed by atoms with Gasteiger partial charge in [-0.25, -0.2) is 4.79 Å². The number of benzene rings is 1. The van der Waals surface area contributed by atoms with Gasteiger partial charge in [0.15, 0.2) is 5.54 Å². The first-order valence-corrected chi connectivity index (χ1v) is 6.43. The van der Waals surface area contributed by atoms with Crippen LogP contribution in [0.2, 0.25) is 0 Å². The summed E-state index contributed by atoms with van der Waals surface area (Å²) in [4.78, 5) is 11.1. The van der Waals surface area contributed by atoms with Crippen LogP contribution in [0.1, 0.15) is 26.3 Å². The lowest BCUT2D eigenvalue weighted by atomic mass is 10.1. The fourth-order valence-electron chi connectivity index (χ4n) is 1.78. The molecule has 1 atom stereocenters. The SMILES string of the molecule is CC(C)Oc1ccc(N2N=CC(C)(C(=O)O)N2)cc1C#N. The van der Waals surface area contributed by atoms with E-state index in [9.17, 15) is 10.1 Å². The van der Waals surface area contributed by atoms with Gasteiger partial charge in [-0.1, -0.05) is 0 Å². The van der Waals surface area contributed by atoms with Crippen LogP contribution in [-0.4, -0.2) is 28.9 Å². The molecule has 0 saturated heterocycles. The third-order valence-electron chi connectivity index (χ3n) is 2.90. The summed E-state index contributed by atoms with van der Waals surface area (Å²) in [7, 11) is 0. The van der Waals surface area contributed by atoms with E-state index in [2.05, 4.69) is 16.6 Å². The molecule has 1 unspecified atom stereocenters. The summed E-state index contributed by atoms with van der Waals surface area (Å²) in [5.41, 5.74) is 2.41. The van der Waals surface area contributed by atoms with Crippen molar-refractivity contribution in [2.24, 2.45) is 5.10 Å². The van der Waals surface area contributed by atoms with Crippen molar-refractivity contribution in [1.29, 1.82) is 5.26 Å². The van der Waals surface area contributed by atoms with E-state index in [1.165, 1.54) is 18.3 Å². The zero-order chi connectivity index (χ0) is 15.6. The quantitative estimate of drug-likeness (QED) is 0.871. The van der Waals surface area contributed by atoms with E-state index in [0.717, 1.165) is 0 Å². The van der Waals surface area contributed by atoms with Crippen LogP contribution in [0.4, 0.5) is 5.69 Å². The second kappa shape index (κ2) is 5.42. The van der Waals surface area contributed by atoms with Crippen LogP contribution in [-0.2, 0) is 4.79 Å². The monoisotopic (exact) mass is 288 g/mol. The largest absolute Gasteiger partial charge is 0.490 e. The Hall–Kier alpha value is -2.59. The van der Waals surface area contributed by atoms with Crippen molar-refractivity contribution < 1.29 is 14.6 Å². The summed E-state index contributed by atoms with van der Waals surface area (Å²) >= 11 is 0. The van der Waals surface area contributed by atoms with Gasteiger partial charge in [0.2, 0.25) is 0 Å². The zero-order valence-electron chi connectivity index (χ0n) is 12.0. The first-order valence-electron chi connectivity index (χ1n) is 6.43. The standard InChI is InChI=1S/C14H16N4O3/c1-9(2)21-12-5-4-11(6-10(12)7-15)18-16-8-14(3,17-18)13(19)20/h4-6,8-9,17H,1-3H3,(H,19,20). The molecule has 1 aromatic carbocycles. The number of hydrogen-bond acceptors (Lipinski definition) is 6. The molecule has 0 bridgehead atoms. The van der Waals surface area contributed by atoms with Gasteiger partial charge in [-0.3, -0.25) is 0 Å². The Morgan fingerprint density at radius 2 is 2.29 bits per heavy atom. The highest BCUT2D eigenvalue weighted by molar-refractivity contribution is 6.00. The van der Waals surface area contributed by atoms with Gasteiger partial charge in [-0.05, 0) is 39.0 Å². The number of carboxylic acid groups (broad SMARTS) is 1. The van der Waals surface area contributed by atoms with Crippen molar-refractivity contribution >= 4 is 17.9 Å². The molecule has 1 aliphatic rings. The fourth-order valence-corrected chi connectivity index (χ4v) is 1.78. The summed E-state index contributed by atoms with van der Waals surface area (Å²) in [6.07, 6.45) is 1.26. The van der Waals surface area contributed by atoms with Gasteiger partial charge < -0.3 is 9.84 Å². The maximum atomic E-state index is 11.1. The first kappa shape index (κ1) is 14.8. The third kappa shape index (κ3) is 2.95. The maximum absolute atomic E-state index is 11.1. The number of rotatable bonds is 4. The molecule has 0 radical (unpaired) electrons. The number of anilines is 1. The second-order valence-corrected chi connectivity index (χ2v) is 5.13. The Morgan fingerprint density at radius 1 is 1.57 bits per heavy atom. The van der Waals surface area contributed by atoms with Crippen molar-refractivity contribution in [1.82, 2.24) is 5.43 Å². The van der Waals surface area contributed by atoms with Gasteiger partial charge in [0.1, 0.15) is 11.8 Å². The molecule has 0 amide bonds. The summed E-state index contributed by atoms with van der Waals surface area (Å²) in [5.74, 6) is -0.547. The van der Waals surface area contributed by atoms with Crippen molar-refractivity contribution in [2.45, 2.75) is 32.4 Å². The van der Waals surface area contributed by atoms with E-state index in [0.29, 0.717) is 17.0 Å². The minimum Gasteiger partial charge on any atom is -0.490 e. The van der Waals surface area contributed by atoms with Crippen LogP contribution < -0.4 is 15.3 Å². The van der Waals surface area contributed by atoms with Gasteiger partial charge in [0, 0.05) is 0 Å². The van der Waals surface area contributed by atoms with E-state index in [4.69, 9.17) is 9.84 Å². The van der Waals surface area contributed by atoms with Gasteiger partial charge in [-0.2, -0.15) is 20.9 Å². The molecule has 0 saturated carbocycles. The minimum absolute atomic E-state index is 0.0406. The van der Waals surface area contributed by atoms with Gasteiger partial charge in [-0.15, -0.1) is 0 Å². The highest BCUT2D eigenvalue weighted by Crippen LogP contribution is 2.27. The molecule has 7 nitrogen and oxygen atoms in total. The summed E-state index contributed by atoms with van der Waals surface area (Å²) in [5, 5.41) is 23.7. The third-order valence-corrected chi connectivity index (χ3v) is 2.90. The number of nitrogens with zero attached hydrogens (tertiary/aromatic N) is 3. The van der Waals surface area contributed by atoms with Gasteiger partial charge >= 0.3 is 5.97 Å². The van der Waals surface area contributed by atoms with E-state index in [-0.39, 0.29) is 6.10 Å². The predicted octanol–water partition coefficient (Wildman–Crippen LogP) is 1.50. The van der Waals surface area contributed by atoms with Crippen molar-refractivity contribution in [3.05, 3.63) is 23.8 Å². The molecule has 1 heterocycles. The van der Waals surface area contributed by atoms with Crippen molar-refractivity contribution in [3.63, 3.8) is 0 Å². The Balaban J connectivity index is 2.26. The molecule has 0 spiro atoms. The molecule has 7 heteroatoms. The van der Waals surface area contributed by atoms with Crippen LogP contribution in [0.15, 0.2) is 23.3 Å². The Bertz CT molecular complexity index is 636. The molecule has 2 N–H and O–H groups in total. The normalized spacial score (nSPS) is 20.6. The van der Waals surface area contributed by atoms with Crippen molar-refractivity contribution in [3.8, 4) is 11.8 Å². The van der Waals surface area contributed by atoms with Crippen LogP contribution in [0.25, 0.3) is 0 Å². The average Bonchev–Trinajstić information content (AvgIpc) is 2.83. The number of aliphatic carboxylic acids is 1. The molecular weight excluding hydrogens is 272 g/mol. The number of carboxylic acids is 1. The van der Waals surface area contributed by atoms with Crippen LogP contribution in [0.5, 0.6) is 5.75 Å². The van der Waals surface area contributed by atoms with Gasteiger partial charge in [0.25, 0.3) is 0 Å². The number of nitriles is 1. The molecular formula is C14H16N4O3. The van der Waals surface area contributed by atoms with Crippen molar-refractivity contribution in [2.75, 3.05) is 5.12 Å². The molecule has 110 valence electrons. The number of nitrogens with one attached hydrogen (secondary N) is 1. The lowest BCUT2D eigenvalue weighted by Gasteiger charge is -2.22. The second-order valence-electron chi connectivity index (χ2n) is 5.13. The average molecular weight is 288 g/mol. The van der Waals surface area contributed by atoms with E-state index in [1.807, 2.05) is 13.8 Å². The first-order chi connectivity index (χ1) is 9.85. The summed E-state index contributed by atoms with van der Waals surface area (Å²) in [6.45, 7) is 5.25. The van der Waals surface area contributed by atoms with Crippen LogP contribution >= 0.6 is 0 Å². The van der Waals surface area contributed by atoms with E-state index in [1.54, 1.807) is 18.2 Å². The summed E-state index contributed by atoms with van der Waals surface area (Å²) < 4.78 is 5.54. The highest BCUT2D eigenvalue weighted by Gasteiger charge is 2.37. The molecule has 1 aliphatic heterocycles. The molecule has 0 fully saturated rings. The molecule has 1 aromatic rings. The topological polar surface area (TPSA) is 97.9 Å². The minimum atomic E-state index is -1.26. The van der Waals surface area contributed by atoms with E-state index >= 15 is 0 Å².